The normalized spacial score (nSPS) is 10.4. The third-order valence-electron chi connectivity index (χ3n) is 3.24. The summed E-state index contributed by atoms with van der Waals surface area (Å²) < 4.78 is 11.5. The first-order valence-corrected chi connectivity index (χ1v) is 9.00. The average molecular weight is 357 g/mol. The summed E-state index contributed by atoms with van der Waals surface area (Å²) in [7, 11) is 0. The van der Waals surface area contributed by atoms with Gasteiger partial charge in [0, 0.05) is 15.7 Å². The van der Waals surface area contributed by atoms with Gasteiger partial charge in [0.15, 0.2) is 0 Å². The molecule has 0 amide bonds. The molecule has 4 heteroatoms. The van der Waals surface area contributed by atoms with Gasteiger partial charge in [0.25, 0.3) is 0 Å². The Kier molecular flexibility index (Phi) is 6.05. The highest BCUT2D eigenvalue weighted by Crippen LogP contribution is 2.24. The molecule has 0 heterocycles. The van der Waals surface area contributed by atoms with E-state index in [1.807, 2.05) is 78.9 Å². The highest BCUT2D eigenvalue weighted by Gasteiger charge is 1.99. The predicted molar refractivity (Wildman–Crippen MR) is 101 cm³/mol. The molecule has 0 aromatic heterocycles. The Labute approximate surface area is 151 Å². The van der Waals surface area contributed by atoms with Crippen LogP contribution in [0.5, 0.6) is 17.2 Å². The fourth-order valence-electron chi connectivity index (χ4n) is 2.08. The monoisotopic (exact) mass is 356 g/mol. The Hall–Kier alpha value is -2.10. The van der Waals surface area contributed by atoms with E-state index in [1.54, 1.807) is 11.8 Å². The van der Waals surface area contributed by atoms with E-state index in [0.29, 0.717) is 6.61 Å². The Morgan fingerprint density at radius 1 is 0.708 bits per heavy atom. The van der Waals surface area contributed by atoms with Gasteiger partial charge in [-0.05, 0) is 60.7 Å². The van der Waals surface area contributed by atoms with E-state index in [9.17, 15) is 0 Å². The quantitative estimate of drug-likeness (QED) is 0.365. The molecule has 0 atom stereocenters. The van der Waals surface area contributed by atoms with Crippen molar-refractivity contribution >= 4 is 23.4 Å². The number of para-hydroxylation sites is 1. The second-order valence-electron chi connectivity index (χ2n) is 5.04. The Morgan fingerprint density at radius 3 is 2.04 bits per heavy atom. The number of hydrogen-bond acceptors (Lipinski definition) is 3. The van der Waals surface area contributed by atoms with Crippen LogP contribution in [0.15, 0.2) is 83.8 Å². The van der Waals surface area contributed by atoms with Gasteiger partial charge in [-0.3, -0.25) is 0 Å². The maximum Gasteiger partial charge on any atom is 0.127 e. The molecule has 0 fully saturated rings. The standard InChI is InChI=1S/C20H17ClO2S/c21-16-6-12-20(13-7-16)24-15-14-22-17-8-10-19(11-9-17)23-18-4-2-1-3-5-18/h1-13H,14-15H2. The van der Waals surface area contributed by atoms with Crippen molar-refractivity contribution in [2.75, 3.05) is 12.4 Å². The molecule has 0 saturated carbocycles. The molecular weight excluding hydrogens is 340 g/mol. The van der Waals surface area contributed by atoms with E-state index < -0.39 is 0 Å². The topological polar surface area (TPSA) is 18.5 Å². The molecule has 0 radical (unpaired) electrons. The number of thioether (sulfide) groups is 1. The van der Waals surface area contributed by atoms with E-state index in [4.69, 9.17) is 21.1 Å². The van der Waals surface area contributed by atoms with Crippen LogP contribution < -0.4 is 9.47 Å². The van der Waals surface area contributed by atoms with Crippen molar-refractivity contribution in [1.29, 1.82) is 0 Å². The van der Waals surface area contributed by atoms with Gasteiger partial charge in [-0.15, -0.1) is 11.8 Å². The second kappa shape index (κ2) is 8.67. The zero-order valence-corrected chi connectivity index (χ0v) is 14.6. The van der Waals surface area contributed by atoms with Crippen LogP contribution in [0.2, 0.25) is 5.02 Å². The zero-order valence-electron chi connectivity index (χ0n) is 13.0. The molecule has 2 nitrogen and oxygen atoms in total. The lowest BCUT2D eigenvalue weighted by molar-refractivity contribution is 0.343. The van der Waals surface area contributed by atoms with Crippen molar-refractivity contribution in [1.82, 2.24) is 0 Å². The van der Waals surface area contributed by atoms with E-state index in [1.165, 1.54) is 4.90 Å². The SMILES string of the molecule is Clc1ccc(SCCOc2ccc(Oc3ccccc3)cc2)cc1. The number of rotatable bonds is 7. The molecule has 0 aliphatic rings. The molecule has 0 N–H and O–H groups in total. The third kappa shape index (κ3) is 5.22. The zero-order chi connectivity index (χ0) is 16.6. The van der Waals surface area contributed by atoms with Gasteiger partial charge in [0.1, 0.15) is 17.2 Å². The average Bonchev–Trinajstić information content (AvgIpc) is 2.62. The van der Waals surface area contributed by atoms with Gasteiger partial charge >= 0.3 is 0 Å². The summed E-state index contributed by atoms with van der Waals surface area (Å²) in [6.45, 7) is 0.645. The van der Waals surface area contributed by atoms with Gasteiger partial charge in [-0.1, -0.05) is 29.8 Å². The van der Waals surface area contributed by atoms with Gasteiger partial charge in [-0.2, -0.15) is 0 Å². The minimum atomic E-state index is 0.645. The van der Waals surface area contributed by atoms with Gasteiger partial charge in [0.05, 0.1) is 6.61 Å². The van der Waals surface area contributed by atoms with E-state index >= 15 is 0 Å². The predicted octanol–water partition coefficient (Wildman–Crippen LogP) is 6.30. The van der Waals surface area contributed by atoms with Crippen LogP contribution in [0.3, 0.4) is 0 Å². The van der Waals surface area contributed by atoms with Crippen LogP contribution in [0, 0.1) is 0 Å². The molecule has 0 aliphatic heterocycles. The fraction of sp³-hybridized carbons (Fsp3) is 0.100. The maximum atomic E-state index is 5.87. The first-order valence-electron chi connectivity index (χ1n) is 7.64. The van der Waals surface area contributed by atoms with Crippen molar-refractivity contribution in [3.8, 4) is 17.2 Å². The molecule has 0 bridgehead atoms. The molecule has 24 heavy (non-hydrogen) atoms. The van der Waals surface area contributed by atoms with E-state index in [-0.39, 0.29) is 0 Å². The first kappa shape index (κ1) is 16.7. The smallest absolute Gasteiger partial charge is 0.127 e. The molecule has 0 aliphatic carbocycles. The van der Waals surface area contributed by atoms with E-state index in [2.05, 4.69) is 0 Å². The van der Waals surface area contributed by atoms with Crippen molar-refractivity contribution in [2.45, 2.75) is 4.90 Å². The lowest BCUT2D eigenvalue weighted by atomic mass is 10.3. The van der Waals surface area contributed by atoms with Crippen LogP contribution in [0.25, 0.3) is 0 Å². The highest BCUT2D eigenvalue weighted by atomic mass is 35.5. The molecule has 0 spiro atoms. The summed E-state index contributed by atoms with van der Waals surface area (Å²) in [4.78, 5) is 1.19. The highest BCUT2D eigenvalue weighted by molar-refractivity contribution is 7.99. The number of hydrogen-bond donors (Lipinski definition) is 0. The largest absolute Gasteiger partial charge is 0.493 e. The Morgan fingerprint density at radius 2 is 1.33 bits per heavy atom. The number of ether oxygens (including phenoxy) is 2. The van der Waals surface area contributed by atoms with Crippen LogP contribution >= 0.6 is 23.4 Å². The van der Waals surface area contributed by atoms with Crippen LogP contribution in [-0.2, 0) is 0 Å². The van der Waals surface area contributed by atoms with Crippen LogP contribution in [-0.4, -0.2) is 12.4 Å². The molecule has 0 saturated heterocycles. The minimum absolute atomic E-state index is 0.645. The van der Waals surface area contributed by atoms with Gasteiger partial charge < -0.3 is 9.47 Å². The molecule has 0 unspecified atom stereocenters. The Bertz CT molecular complexity index is 743. The molecule has 3 aromatic rings. The number of halogens is 1. The lowest BCUT2D eigenvalue weighted by Crippen LogP contribution is -1.99. The summed E-state index contributed by atoms with van der Waals surface area (Å²) in [5.41, 5.74) is 0. The maximum absolute atomic E-state index is 5.87. The minimum Gasteiger partial charge on any atom is -0.493 e. The molecule has 3 aromatic carbocycles. The van der Waals surface area contributed by atoms with Crippen LogP contribution in [0.4, 0.5) is 0 Å². The van der Waals surface area contributed by atoms with Gasteiger partial charge in [0.2, 0.25) is 0 Å². The molecule has 3 rings (SSSR count). The summed E-state index contributed by atoms with van der Waals surface area (Å²) in [6.07, 6.45) is 0. The second-order valence-corrected chi connectivity index (χ2v) is 6.64. The number of benzene rings is 3. The summed E-state index contributed by atoms with van der Waals surface area (Å²) in [5, 5.41) is 0.758. The lowest BCUT2D eigenvalue weighted by Gasteiger charge is -2.08. The Balaban J connectivity index is 1.43. The van der Waals surface area contributed by atoms with Crippen molar-refractivity contribution in [2.24, 2.45) is 0 Å². The first-order chi connectivity index (χ1) is 11.8. The van der Waals surface area contributed by atoms with Gasteiger partial charge in [-0.25, -0.2) is 0 Å². The van der Waals surface area contributed by atoms with Crippen LogP contribution in [0.1, 0.15) is 0 Å². The molecular formula is C20H17ClO2S. The summed E-state index contributed by atoms with van der Waals surface area (Å²) in [6, 6.07) is 25.2. The summed E-state index contributed by atoms with van der Waals surface area (Å²) in [5.74, 6) is 3.34. The third-order valence-corrected chi connectivity index (χ3v) is 4.47. The molecule has 122 valence electrons. The van der Waals surface area contributed by atoms with E-state index in [0.717, 1.165) is 28.0 Å². The van der Waals surface area contributed by atoms with Crippen molar-refractivity contribution in [3.63, 3.8) is 0 Å². The summed E-state index contributed by atoms with van der Waals surface area (Å²) >= 11 is 7.62. The van der Waals surface area contributed by atoms with Crippen molar-refractivity contribution in [3.05, 3.63) is 83.9 Å². The van der Waals surface area contributed by atoms with Crippen molar-refractivity contribution < 1.29 is 9.47 Å². The fourth-order valence-corrected chi connectivity index (χ4v) is 2.94.